The average Bonchev–Trinajstić information content (AvgIpc) is 3.14. The second kappa shape index (κ2) is 7.09. The number of halogens is 2. The Morgan fingerprint density at radius 2 is 2.04 bits per heavy atom. The number of carbonyl (C=O) groups is 1. The topological polar surface area (TPSA) is 50.2 Å². The first-order chi connectivity index (χ1) is 11.5. The maximum absolute atomic E-state index is 12.6. The number of carbonyl (C=O) groups excluding carboxylic acids is 1. The Balaban J connectivity index is 1.76. The van der Waals surface area contributed by atoms with Gasteiger partial charge >= 0.3 is 6.43 Å². The van der Waals surface area contributed by atoms with Gasteiger partial charge in [0.05, 0.1) is 6.04 Å². The standard InChI is InChI=1S/C17H20F2N4O/c1-22-15(7-8-20-22)13-10-23(9-12-5-3-2-4-6-12)11-14(13)21-17(24)16(18)19/h2-8,13-14,16H,9-11H2,1H3,(H,21,24)/t13-,14-/m1/s1. The number of benzene rings is 1. The summed E-state index contributed by atoms with van der Waals surface area (Å²) in [4.78, 5) is 13.6. The van der Waals surface area contributed by atoms with Crippen molar-refractivity contribution in [3.63, 3.8) is 0 Å². The van der Waals surface area contributed by atoms with E-state index in [-0.39, 0.29) is 12.0 Å². The van der Waals surface area contributed by atoms with E-state index in [1.807, 2.05) is 43.4 Å². The van der Waals surface area contributed by atoms with Gasteiger partial charge in [0.2, 0.25) is 0 Å². The molecule has 24 heavy (non-hydrogen) atoms. The molecular formula is C17H20F2N4O. The number of hydrogen-bond donors (Lipinski definition) is 1. The molecule has 1 aromatic heterocycles. The first-order valence-corrected chi connectivity index (χ1v) is 7.87. The number of likely N-dealkylation sites (tertiary alicyclic amines) is 1. The van der Waals surface area contributed by atoms with Crippen LogP contribution in [0.25, 0.3) is 0 Å². The molecule has 0 spiro atoms. The monoisotopic (exact) mass is 334 g/mol. The van der Waals surface area contributed by atoms with E-state index < -0.39 is 12.3 Å². The Hall–Kier alpha value is -2.28. The zero-order chi connectivity index (χ0) is 17.1. The van der Waals surface area contributed by atoms with Crippen LogP contribution in [0.3, 0.4) is 0 Å². The van der Waals surface area contributed by atoms with Crippen molar-refractivity contribution in [3.05, 3.63) is 53.9 Å². The average molecular weight is 334 g/mol. The van der Waals surface area contributed by atoms with Crippen molar-refractivity contribution in [2.45, 2.75) is 24.9 Å². The predicted molar refractivity (Wildman–Crippen MR) is 85.6 cm³/mol. The van der Waals surface area contributed by atoms with Gasteiger partial charge in [-0.25, -0.2) is 0 Å². The fourth-order valence-corrected chi connectivity index (χ4v) is 3.30. The Morgan fingerprint density at radius 1 is 1.29 bits per heavy atom. The molecule has 1 fully saturated rings. The number of amides is 1. The van der Waals surface area contributed by atoms with Crippen molar-refractivity contribution in [1.82, 2.24) is 20.0 Å². The van der Waals surface area contributed by atoms with E-state index in [1.54, 1.807) is 10.9 Å². The molecule has 1 N–H and O–H groups in total. The summed E-state index contributed by atoms with van der Waals surface area (Å²) in [5.74, 6) is -1.28. The van der Waals surface area contributed by atoms with Gasteiger partial charge in [-0.05, 0) is 11.6 Å². The van der Waals surface area contributed by atoms with Crippen LogP contribution in [0, 0.1) is 0 Å². The fraction of sp³-hybridized carbons (Fsp3) is 0.412. The van der Waals surface area contributed by atoms with Gasteiger partial charge in [-0.15, -0.1) is 0 Å². The number of nitrogens with one attached hydrogen (secondary N) is 1. The molecule has 2 aromatic rings. The molecule has 0 saturated carbocycles. The number of alkyl halides is 2. The second-order valence-electron chi connectivity index (χ2n) is 6.08. The van der Waals surface area contributed by atoms with Crippen LogP contribution < -0.4 is 5.32 Å². The van der Waals surface area contributed by atoms with E-state index in [0.29, 0.717) is 13.1 Å². The molecule has 0 unspecified atom stereocenters. The molecule has 128 valence electrons. The van der Waals surface area contributed by atoms with Crippen LogP contribution >= 0.6 is 0 Å². The van der Waals surface area contributed by atoms with Crippen molar-refractivity contribution < 1.29 is 13.6 Å². The highest BCUT2D eigenvalue weighted by Gasteiger charge is 2.37. The number of rotatable bonds is 5. The van der Waals surface area contributed by atoms with E-state index in [9.17, 15) is 13.6 Å². The normalized spacial score (nSPS) is 21.3. The van der Waals surface area contributed by atoms with E-state index in [2.05, 4.69) is 15.3 Å². The lowest BCUT2D eigenvalue weighted by Crippen LogP contribution is -2.43. The highest BCUT2D eigenvalue weighted by Crippen LogP contribution is 2.28. The Kier molecular flexibility index (Phi) is 4.89. The highest BCUT2D eigenvalue weighted by molar-refractivity contribution is 5.79. The molecule has 7 heteroatoms. The zero-order valence-corrected chi connectivity index (χ0v) is 13.4. The fourth-order valence-electron chi connectivity index (χ4n) is 3.30. The van der Waals surface area contributed by atoms with E-state index in [4.69, 9.17) is 0 Å². The number of aromatic nitrogens is 2. The summed E-state index contributed by atoms with van der Waals surface area (Å²) in [5.41, 5.74) is 2.09. The van der Waals surface area contributed by atoms with Crippen LogP contribution in [0.2, 0.25) is 0 Å². The first-order valence-electron chi connectivity index (χ1n) is 7.87. The van der Waals surface area contributed by atoms with Gasteiger partial charge in [-0.2, -0.15) is 13.9 Å². The van der Waals surface area contributed by atoms with Gasteiger partial charge in [0.25, 0.3) is 5.91 Å². The third kappa shape index (κ3) is 3.62. The van der Waals surface area contributed by atoms with E-state index >= 15 is 0 Å². The summed E-state index contributed by atoms with van der Waals surface area (Å²) < 4.78 is 27.0. The summed E-state index contributed by atoms with van der Waals surface area (Å²) in [6.45, 7) is 1.93. The molecule has 1 aliphatic rings. The molecular weight excluding hydrogens is 314 g/mol. The van der Waals surface area contributed by atoms with Crippen molar-refractivity contribution in [2.75, 3.05) is 13.1 Å². The van der Waals surface area contributed by atoms with E-state index in [0.717, 1.165) is 17.8 Å². The van der Waals surface area contributed by atoms with Gasteiger partial charge < -0.3 is 5.32 Å². The molecule has 1 aromatic carbocycles. The van der Waals surface area contributed by atoms with Gasteiger partial charge in [0.1, 0.15) is 0 Å². The van der Waals surface area contributed by atoms with Crippen molar-refractivity contribution in [3.8, 4) is 0 Å². The Bertz CT molecular complexity index is 689. The minimum atomic E-state index is -3.00. The molecule has 5 nitrogen and oxygen atoms in total. The maximum atomic E-state index is 12.6. The van der Waals surface area contributed by atoms with Crippen LogP contribution in [-0.4, -0.2) is 46.1 Å². The van der Waals surface area contributed by atoms with Crippen LogP contribution in [0.4, 0.5) is 8.78 Å². The lowest BCUT2D eigenvalue weighted by atomic mass is 9.99. The number of nitrogens with zero attached hydrogens (tertiary/aromatic N) is 3. The minimum absolute atomic E-state index is 0.0658. The van der Waals surface area contributed by atoms with Gasteiger partial charge in [0.15, 0.2) is 0 Å². The summed E-state index contributed by atoms with van der Waals surface area (Å²) >= 11 is 0. The van der Waals surface area contributed by atoms with Crippen LogP contribution in [0.5, 0.6) is 0 Å². The predicted octanol–water partition coefficient (Wildman–Crippen LogP) is 1.77. The third-order valence-electron chi connectivity index (χ3n) is 4.41. The van der Waals surface area contributed by atoms with Gasteiger partial charge in [-0.3, -0.25) is 14.4 Å². The first kappa shape index (κ1) is 16.6. The molecule has 3 rings (SSSR count). The molecule has 1 saturated heterocycles. The van der Waals surface area contributed by atoms with Crippen molar-refractivity contribution in [2.24, 2.45) is 7.05 Å². The van der Waals surface area contributed by atoms with Crippen LogP contribution in [-0.2, 0) is 18.4 Å². The molecule has 1 amide bonds. The number of aryl methyl sites for hydroxylation is 1. The van der Waals surface area contributed by atoms with Crippen molar-refractivity contribution >= 4 is 5.91 Å². The molecule has 2 heterocycles. The molecule has 2 atom stereocenters. The highest BCUT2D eigenvalue weighted by atomic mass is 19.3. The van der Waals surface area contributed by atoms with Crippen LogP contribution in [0.1, 0.15) is 17.2 Å². The van der Waals surface area contributed by atoms with Crippen molar-refractivity contribution in [1.29, 1.82) is 0 Å². The second-order valence-corrected chi connectivity index (χ2v) is 6.08. The van der Waals surface area contributed by atoms with Gasteiger partial charge in [0, 0.05) is 44.5 Å². The van der Waals surface area contributed by atoms with Crippen LogP contribution in [0.15, 0.2) is 42.6 Å². The molecule has 1 aliphatic heterocycles. The summed E-state index contributed by atoms with van der Waals surface area (Å²) in [6, 6.07) is 11.5. The van der Waals surface area contributed by atoms with E-state index in [1.165, 1.54) is 0 Å². The smallest absolute Gasteiger partial charge is 0.315 e. The Labute approximate surface area is 139 Å². The maximum Gasteiger partial charge on any atom is 0.315 e. The molecule has 0 radical (unpaired) electrons. The number of hydrogen-bond acceptors (Lipinski definition) is 3. The Morgan fingerprint density at radius 3 is 2.67 bits per heavy atom. The zero-order valence-electron chi connectivity index (χ0n) is 13.4. The summed E-state index contributed by atoms with van der Waals surface area (Å²) in [6.07, 6.45) is -1.32. The summed E-state index contributed by atoms with van der Waals surface area (Å²) in [5, 5.41) is 6.64. The lowest BCUT2D eigenvalue weighted by molar-refractivity contribution is -0.132. The van der Waals surface area contributed by atoms with Gasteiger partial charge in [-0.1, -0.05) is 30.3 Å². The largest absolute Gasteiger partial charge is 0.346 e. The lowest BCUT2D eigenvalue weighted by Gasteiger charge is -2.19. The summed E-state index contributed by atoms with van der Waals surface area (Å²) in [7, 11) is 1.82. The SMILES string of the molecule is Cn1nccc1[C@@H]1CN(Cc2ccccc2)C[C@H]1NC(=O)C(F)F. The molecule has 0 bridgehead atoms. The minimum Gasteiger partial charge on any atom is -0.346 e. The third-order valence-corrected chi connectivity index (χ3v) is 4.41. The quantitative estimate of drug-likeness (QED) is 0.907. The molecule has 0 aliphatic carbocycles.